The molecule has 2 atom stereocenters. The van der Waals surface area contributed by atoms with Crippen LogP contribution in [0.2, 0.25) is 0 Å². The quantitative estimate of drug-likeness (QED) is 0.258. The molecule has 2 unspecified atom stereocenters. The van der Waals surface area contributed by atoms with Crippen molar-refractivity contribution in [2.24, 2.45) is 0 Å². The number of ether oxygens (including phenoxy) is 1. The van der Waals surface area contributed by atoms with Gasteiger partial charge in [0.05, 0.1) is 35.8 Å². The summed E-state index contributed by atoms with van der Waals surface area (Å²) >= 11 is 0. The molecule has 0 spiro atoms. The minimum Gasteiger partial charge on any atom is -0.495 e. The number of anilines is 6. The van der Waals surface area contributed by atoms with Crippen molar-refractivity contribution in [3.63, 3.8) is 0 Å². The van der Waals surface area contributed by atoms with Gasteiger partial charge in [-0.25, -0.2) is 8.42 Å². The maximum Gasteiger partial charge on any atom is 0.232 e. The van der Waals surface area contributed by atoms with Crippen LogP contribution in [0.25, 0.3) is 11.0 Å². The number of sulfonamides is 1. The van der Waals surface area contributed by atoms with Gasteiger partial charge in [0.2, 0.25) is 16.0 Å². The number of piperidine rings is 2. The molecular weight excluding hydrogens is 602 g/mol. The number of methoxy groups -OCH3 is 1. The number of nitrogens with zero attached hydrogens (tertiary/aromatic N) is 6. The number of nitrogens with one attached hydrogen (secondary N) is 3. The van der Waals surface area contributed by atoms with Gasteiger partial charge in [0.15, 0.2) is 0 Å². The van der Waals surface area contributed by atoms with Gasteiger partial charge in [0, 0.05) is 68.8 Å². The summed E-state index contributed by atoms with van der Waals surface area (Å²) in [6.07, 6.45) is 7.43. The maximum atomic E-state index is 12.5. The van der Waals surface area contributed by atoms with E-state index >= 15 is 0 Å². The zero-order chi connectivity index (χ0) is 31.6. The molecule has 5 aliphatic heterocycles. The van der Waals surface area contributed by atoms with Crippen molar-refractivity contribution in [3.8, 4) is 5.75 Å². The number of para-hydroxylation sites is 1. The Bertz CT molecular complexity index is 1880. The third-order valence-corrected chi connectivity index (χ3v) is 11.5. The molecule has 7 heterocycles. The van der Waals surface area contributed by atoms with E-state index in [9.17, 15) is 8.42 Å². The Morgan fingerprint density at radius 2 is 1.78 bits per heavy atom. The van der Waals surface area contributed by atoms with Crippen molar-refractivity contribution in [3.05, 3.63) is 54.2 Å². The smallest absolute Gasteiger partial charge is 0.232 e. The number of fused-ring (bicyclic) bond motifs is 4. The first-order valence-electron chi connectivity index (χ1n) is 16.1. The summed E-state index contributed by atoms with van der Waals surface area (Å²) in [6.45, 7) is 4.87. The lowest BCUT2D eigenvalue weighted by atomic mass is 9.86. The number of rotatable bonds is 8. The summed E-state index contributed by atoms with van der Waals surface area (Å²) in [5, 5.41) is 7.59. The monoisotopic (exact) mass is 643 g/mol. The van der Waals surface area contributed by atoms with Crippen LogP contribution in [0.4, 0.5) is 34.5 Å². The average molecular weight is 644 g/mol. The van der Waals surface area contributed by atoms with Gasteiger partial charge < -0.3 is 25.3 Å². The minimum absolute atomic E-state index is 0.408. The van der Waals surface area contributed by atoms with E-state index in [1.165, 1.54) is 42.9 Å². The highest BCUT2D eigenvalue weighted by molar-refractivity contribution is 7.92. The molecule has 242 valence electrons. The molecule has 46 heavy (non-hydrogen) atoms. The Hall–Kier alpha value is -4.07. The molecule has 13 heteroatoms. The highest BCUT2D eigenvalue weighted by Crippen LogP contribution is 2.40. The van der Waals surface area contributed by atoms with Crippen LogP contribution in [0.5, 0.6) is 5.75 Å². The van der Waals surface area contributed by atoms with Gasteiger partial charge >= 0.3 is 0 Å². The molecule has 0 aliphatic carbocycles. The predicted molar refractivity (Wildman–Crippen MR) is 183 cm³/mol. The Morgan fingerprint density at radius 1 is 0.978 bits per heavy atom. The Kier molecular flexibility index (Phi) is 7.22. The number of hydrogen-bond donors (Lipinski definition) is 3. The molecule has 5 aliphatic rings. The van der Waals surface area contributed by atoms with Crippen molar-refractivity contribution in [1.82, 2.24) is 24.8 Å². The molecule has 3 N–H and O–H groups in total. The van der Waals surface area contributed by atoms with Gasteiger partial charge in [-0.2, -0.15) is 9.97 Å². The third-order valence-electron chi connectivity index (χ3n) is 10.4. The highest BCUT2D eigenvalue weighted by Gasteiger charge is 2.44. The molecule has 4 aromatic rings. The number of benzene rings is 2. The lowest BCUT2D eigenvalue weighted by Crippen LogP contribution is -2.69. The van der Waals surface area contributed by atoms with Crippen LogP contribution < -0.4 is 24.6 Å². The Labute approximate surface area is 269 Å². The second-order valence-electron chi connectivity index (χ2n) is 13.1. The van der Waals surface area contributed by atoms with Crippen LogP contribution in [0, 0.1) is 0 Å². The normalized spacial score (nSPS) is 22.2. The van der Waals surface area contributed by atoms with Crippen LogP contribution >= 0.6 is 0 Å². The SMILES string of the molecule is COc1cc(Nc2nc(Nc3cccc4c3N(S(C)(=O)=O)CC4)c3cc[nH]c3n2)ccc1N1CCC(N2CC3CC(C2)N3C)CC1. The third kappa shape index (κ3) is 5.19. The molecular formula is C33H41N9O3S. The second-order valence-corrected chi connectivity index (χ2v) is 15.0. The van der Waals surface area contributed by atoms with Gasteiger partial charge in [0.1, 0.15) is 17.2 Å². The van der Waals surface area contributed by atoms with E-state index in [2.05, 4.69) is 43.4 Å². The van der Waals surface area contributed by atoms with E-state index in [0.29, 0.717) is 47.8 Å². The van der Waals surface area contributed by atoms with Crippen molar-refractivity contribution >= 4 is 55.6 Å². The van der Waals surface area contributed by atoms with Crippen LogP contribution in [-0.2, 0) is 16.4 Å². The molecule has 0 radical (unpaired) electrons. The number of likely N-dealkylation sites (N-methyl/N-ethyl adjacent to an activating group) is 1. The summed E-state index contributed by atoms with van der Waals surface area (Å²) in [7, 11) is 0.572. The van der Waals surface area contributed by atoms with Crippen molar-refractivity contribution < 1.29 is 13.2 Å². The zero-order valence-corrected chi connectivity index (χ0v) is 27.3. The molecule has 12 nitrogen and oxygen atoms in total. The van der Waals surface area contributed by atoms with E-state index in [-0.39, 0.29) is 0 Å². The van der Waals surface area contributed by atoms with Gasteiger partial charge in [-0.3, -0.25) is 14.1 Å². The standard InChI is InChI=1S/C33H41N9O3S/c1-39-24-18-25(39)20-41(19-24)23-11-14-40(15-12-23)28-8-7-22(17-29(28)45-2)35-33-37-31-26(9-13-34-31)32(38-33)36-27-6-4-5-21-10-16-42(30(21)27)46(3,43)44/h4-9,13,17,23-25H,10-12,14-16,18-20H2,1-3H3,(H3,34,35,36,37,38). The first-order valence-corrected chi connectivity index (χ1v) is 18.0. The molecule has 4 saturated heterocycles. The van der Waals surface area contributed by atoms with Crippen LogP contribution in [0.3, 0.4) is 0 Å². The van der Waals surface area contributed by atoms with Crippen LogP contribution in [0.1, 0.15) is 24.8 Å². The van der Waals surface area contributed by atoms with Gasteiger partial charge in [-0.1, -0.05) is 12.1 Å². The summed E-state index contributed by atoms with van der Waals surface area (Å²) in [5.74, 6) is 1.79. The first kappa shape index (κ1) is 29.3. The van der Waals surface area contributed by atoms with E-state index in [4.69, 9.17) is 14.7 Å². The van der Waals surface area contributed by atoms with Crippen molar-refractivity contribution in [2.45, 2.75) is 43.8 Å². The Morgan fingerprint density at radius 3 is 2.52 bits per heavy atom. The summed E-state index contributed by atoms with van der Waals surface area (Å²) in [4.78, 5) is 20.5. The highest BCUT2D eigenvalue weighted by atomic mass is 32.2. The van der Waals surface area contributed by atoms with Crippen LogP contribution in [0.15, 0.2) is 48.7 Å². The van der Waals surface area contributed by atoms with Gasteiger partial charge in [-0.05, 0) is 62.6 Å². The predicted octanol–water partition coefficient (Wildman–Crippen LogP) is 4.13. The molecule has 2 aromatic heterocycles. The number of hydrogen-bond acceptors (Lipinski definition) is 10. The summed E-state index contributed by atoms with van der Waals surface area (Å²) in [5.41, 5.74) is 4.92. The second kappa shape index (κ2) is 11.3. The number of aromatic nitrogens is 3. The lowest BCUT2D eigenvalue weighted by molar-refractivity contribution is -0.0681. The fourth-order valence-corrected chi connectivity index (χ4v) is 8.79. The van der Waals surface area contributed by atoms with Crippen molar-refractivity contribution in [1.29, 1.82) is 0 Å². The number of piperazine rings is 1. The van der Waals surface area contributed by atoms with E-state index < -0.39 is 10.0 Å². The fraction of sp³-hybridized carbons (Fsp3) is 0.455. The summed E-state index contributed by atoms with van der Waals surface area (Å²) in [6, 6.07) is 16.0. The number of H-pyrrole nitrogens is 1. The zero-order valence-electron chi connectivity index (χ0n) is 26.5. The summed E-state index contributed by atoms with van der Waals surface area (Å²) < 4.78 is 32.4. The van der Waals surface area contributed by atoms with E-state index in [1.807, 2.05) is 42.6 Å². The largest absolute Gasteiger partial charge is 0.495 e. The first-order chi connectivity index (χ1) is 22.2. The molecule has 2 bridgehead atoms. The molecule has 0 saturated carbocycles. The minimum atomic E-state index is -3.42. The molecule has 4 fully saturated rings. The van der Waals surface area contributed by atoms with Crippen molar-refractivity contribution in [2.75, 3.05) is 73.0 Å². The topological polar surface area (TPSA) is 122 Å². The molecule has 0 amide bonds. The lowest BCUT2D eigenvalue weighted by Gasteiger charge is -2.57. The fourth-order valence-electron chi connectivity index (χ4n) is 7.82. The van der Waals surface area contributed by atoms with E-state index in [1.54, 1.807) is 7.11 Å². The van der Waals surface area contributed by atoms with Gasteiger partial charge in [0.25, 0.3) is 0 Å². The average Bonchev–Trinajstić information content (AvgIpc) is 3.73. The van der Waals surface area contributed by atoms with Gasteiger partial charge in [-0.15, -0.1) is 0 Å². The van der Waals surface area contributed by atoms with Crippen LogP contribution in [-0.4, -0.2) is 104 Å². The van der Waals surface area contributed by atoms with E-state index in [0.717, 1.165) is 53.2 Å². The Balaban J connectivity index is 1.00. The molecule has 9 rings (SSSR count). The molecule has 2 aromatic carbocycles. The maximum absolute atomic E-state index is 12.5. The number of aromatic amines is 1.